The molecule has 2 N–H and O–H groups in total. The molecule has 1 amide bonds. The number of piperidine rings is 1. The molecule has 33 heavy (non-hydrogen) atoms. The molecule has 2 aromatic rings. The van der Waals surface area contributed by atoms with Crippen LogP contribution in [0.25, 0.3) is 0 Å². The maximum atomic E-state index is 12.8. The SMILES string of the molecule is COc1ccc(OCCCC(=O)Nc2ccc(S(=O)(=O)N3CCC[C@H](C(=O)O)C3)cc2)cc1. The monoisotopic (exact) mass is 476 g/mol. The second-order valence-electron chi connectivity index (χ2n) is 7.74. The number of benzene rings is 2. The summed E-state index contributed by atoms with van der Waals surface area (Å²) in [6.45, 7) is 0.641. The quantitative estimate of drug-likeness (QED) is 0.506. The zero-order chi connectivity index (χ0) is 23.8. The van der Waals surface area contributed by atoms with Gasteiger partial charge >= 0.3 is 5.97 Å². The first-order chi connectivity index (χ1) is 15.8. The Morgan fingerprint density at radius 3 is 2.39 bits per heavy atom. The summed E-state index contributed by atoms with van der Waals surface area (Å²) in [5.41, 5.74) is 0.483. The van der Waals surface area contributed by atoms with E-state index in [4.69, 9.17) is 9.47 Å². The van der Waals surface area contributed by atoms with E-state index in [0.29, 0.717) is 43.9 Å². The lowest BCUT2D eigenvalue weighted by atomic mass is 10.0. The molecule has 2 aromatic carbocycles. The molecule has 1 heterocycles. The Hall–Kier alpha value is -3.11. The van der Waals surface area contributed by atoms with Crippen molar-refractivity contribution in [3.63, 3.8) is 0 Å². The lowest BCUT2D eigenvalue weighted by Crippen LogP contribution is -2.42. The Morgan fingerprint density at radius 2 is 1.76 bits per heavy atom. The van der Waals surface area contributed by atoms with E-state index in [0.717, 1.165) is 5.75 Å². The van der Waals surface area contributed by atoms with Crippen molar-refractivity contribution in [1.29, 1.82) is 0 Å². The normalized spacial score (nSPS) is 16.7. The van der Waals surface area contributed by atoms with Gasteiger partial charge in [-0.25, -0.2) is 8.42 Å². The fraction of sp³-hybridized carbons (Fsp3) is 0.391. The lowest BCUT2D eigenvalue weighted by molar-refractivity contribution is -0.142. The second-order valence-corrected chi connectivity index (χ2v) is 9.68. The molecule has 10 heteroatoms. The number of hydrogen-bond acceptors (Lipinski definition) is 6. The molecule has 1 aliphatic rings. The topological polar surface area (TPSA) is 122 Å². The molecule has 178 valence electrons. The number of hydrogen-bond donors (Lipinski definition) is 2. The highest BCUT2D eigenvalue weighted by Crippen LogP contribution is 2.25. The van der Waals surface area contributed by atoms with E-state index in [2.05, 4.69) is 5.32 Å². The Kier molecular flexibility index (Phi) is 8.29. The van der Waals surface area contributed by atoms with Crippen LogP contribution < -0.4 is 14.8 Å². The number of anilines is 1. The number of carboxylic acids is 1. The molecule has 0 spiro atoms. The highest BCUT2D eigenvalue weighted by Gasteiger charge is 2.33. The van der Waals surface area contributed by atoms with Gasteiger partial charge in [0.05, 0.1) is 24.5 Å². The van der Waals surface area contributed by atoms with Gasteiger partial charge in [-0.1, -0.05) is 0 Å². The average molecular weight is 477 g/mol. The number of amides is 1. The Morgan fingerprint density at radius 1 is 1.09 bits per heavy atom. The first-order valence-electron chi connectivity index (χ1n) is 10.7. The largest absolute Gasteiger partial charge is 0.497 e. The van der Waals surface area contributed by atoms with Crippen LogP contribution in [0.3, 0.4) is 0 Å². The Balaban J connectivity index is 1.47. The molecule has 1 atom stereocenters. The van der Waals surface area contributed by atoms with Crippen molar-refractivity contribution in [2.24, 2.45) is 5.92 Å². The molecule has 0 aliphatic carbocycles. The van der Waals surface area contributed by atoms with Gasteiger partial charge in [0.1, 0.15) is 11.5 Å². The maximum absolute atomic E-state index is 12.8. The molecule has 0 bridgehead atoms. The van der Waals surface area contributed by atoms with Crippen LogP contribution in [0, 0.1) is 5.92 Å². The van der Waals surface area contributed by atoms with Gasteiger partial charge in [0, 0.05) is 25.2 Å². The Bertz CT molecular complexity index is 1050. The molecule has 9 nitrogen and oxygen atoms in total. The van der Waals surface area contributed by atoms with E-state index < -0.39 is 21.9 Å². The van der Waals surface area contributed by atoms with Gasteiger partial charge in [-0.3, -0.25) is 9.59 Å². The van der Waals surface area contributed by atoms with Gasteiger partial charge in [0.15, 0.2) is 0 Å². The van der Waals surface area contributed by atoms with Crippen molar-refractivity contribution >= 4 is 27.6 Å². The van der Waals surface area contributed by atoms with Crippen molar-refractivity contribution < 1.29 is 32.6 Å². The highest BCUT2D eigenvalue weighted by atomic mass is 32.2. The van der Waals surface area contributed by atoms with Gasteiger partial charge < -0.3 is 19.9 Å². The van der Waals surface area contributed by atoms with Crippen molar-refractivity contribution in [2.45, 2.75) is 30.6 Å². The van der Waals surface area contributed by atoms with Crippen LogP contribution >= 0.6 is 0 Å². The summed E-state index contributed by atoms with van der Waals surface area (Å²) in [6.07, 6.45) is 1.74. The number of carboxylic acid groups (broad SMARTS) is 1. The Labute approximate surface area is 193 Å². The molecule has 0 unspecified atom stereocenters. The predicted molar refractivity (Wildman–Crippen MR) is 122 cm³/mol. The first kappa shape index (κ1) is 24.5. The third kappa shape index (κ3) is 6.69. The molecule has 1 fully saturated rings. The van der Waals surface area contributed by atoms with E-state index in [1.54, 1.807) is 31.4 Å². The minimum Gasteiger partial charge on any atom is -0.497 e. The number of carbonyl (C=O) groups is 2. The second kappa shape index (κ2) is 11.2. The summed E-state index contributed by atoms with van der Waals surface area (Å²) in [6, 6.07) is 13.1. The number of ether oxygens (including phenoxy) is 2. The molecular weight excluding hydrogens is 448 g/mol. The summed E-state index contributed by atoms with van der Waals surface area (Å²) in [5.74, 6) is -0.454. The minimum atomic E-state index is -3.79. The van der Waals surface area contributed by atoms with Crippen LogP contribution in [0.15, 0.2) is 53.4 Å². The van der Waals surface area contributed by atoms with Gasteiger partial charge in [-0.2, -0.15) is 4.31 Å². The van der Waals surface area contributed by atoms with Gasteiger partial charge in [-0.15, -0.1) is 0 Å². The third-order valence-electron chi connectivity index (χ3n) is 5.39. The number of nitrogens with one attached hydrogen (secondary N) is 1. The molecule has 0 radical (unpaired) electrons. The number of rotatable bonds is 10. The number of aliphatic carboxylic acids is 1. The molecule has 0 aromatic heterocycles. The van der Waals surface area contributed by atoms with Crippen molar-refractivity contribution in [3.05, 3.63) is 48.5 Å². The fourth-order valence-electron chi connectivity index (χ4n) is 3.54. The van der Waals surface area contributed by atoms with E-state index in [9.17, 15) is 23.1 Å². The highest BCUT2D eigenvalue weighted by molar-refractivity contribution is 7.89. The van der Waals surface area contributed by atoms with Gasteiger partial charge in [0.25, 0.3) is 0 Å². The van der Waals surface area contributed by atoms with Crippen LogP contribution in [0.2, 0.25) is 0 Å². The van der Waals surface area contributed by atoms with E-state index in [1.807, 2.05) is 0 Å². The molecule has 0 saturated carbocycles. The molecule has 3 rings (SSSR count). The standard InChI is InChI=1S/C23H28N2O7S/c1-31-19-8-10-20(11-9-19)32-15-3-5-22(26)24-18-6-12-21(13-7-18)33(29,30)25-14-2-4-17(16-25)23(27)28/h6-13,17H,2-5,14-16H2,1H3,(H,24,26)(H,27,28)/t17-/m0/s1. The van der Waals surface area contributed by atoms with E-state index in [1.165, 1.54) is 28.6 Å². The van der Waals surface area contributed by atoms with Gasteiger partial charge in [-0.05, 0) is 67.8 Å². The summed E-state index contributed by atoms with van der Waals surface area (Å²) in [5, 5.41) is 11.9. The van der Waals surface area contributed by atoms with E-state index in [-0.39, 0.29) is 23.8 Å². The smallest absolute Gasteiger partial charge is 0.307 e. The zero-order valence-electron chi connectivity index (χ0n) is 18.4. The number of sulfonamides is 1. The van der Waals surface area contributed by atoms with Crippen LogP contribution in [-0.4, -0.2) is 56.5 Å². The summed E-state index contributed by atoms with van der Waals surface area (Å²) in [7, 11) is -2.20. The van der Waals surface area contributed by atoms with Crippen molar-refractivity contribution in [1.82, 2.24) is 4.31 Å². The predicted octanol–water partition coefficient (Wildman–Crippen LogP) is 2.98. The minimum absolute atomic E-state index is 0.0330. The number of methoxy groups -OCH3 is 1. The zero-order valence-corrected chi connectivity index (χ0v) is 19.2. The molecular formula is C23H28N2O7S. The van der Waals surface area contributed by atoms with Gasteiger partial charge in [0.2, 0.25) is 15.9 Å². The van der Waals surface area contributed by atoms with Crippen LogP contribution in [0.5, 0.6) is 11.5 Å². The fourth-order valence-corrected chi connectivity index (χ4v) is 5.06. The third-order valence-corrected chi connectivity index (χ3v) is 7.26. The van der Waals surface area contributed by atoms with Crippen LogP contribution in [0.1, 0.15) is 25.7 Å². The van der Waals surface area contributed by atoms with Crippen molar-refractivity contribution in [2.75, 3.05) is 32.1 Å². The van der Waals surface area contributed by atoms with E-state index >= 15 is 0 Å². The maximum Gasteiger partial charge on any atom is 0.307 e. The van der Waals surface area contributed by atoms with Crippen LogP contribution in [0.4, 0.5) is 5.69 Å². The summed E-state index contributed by atoms with van der Waals surface area (Å²) < 4.78 is 37.6. The number of nitrogens with zero attached hydrogens (tertiary/aromatic N) is 1. The number of carbonyl (C=O) groups excluding carboxylic acids is 1. The molecule has 1 saturated heterocycles. The first-order valence-corrected chi connectivity index (χ1v) is 12.1. The summed E-state index contributed by atoms with van der Waals surface area (Å²) in [4.78, 5) is 23.5. The summed E-state index contributed by atoms with van der Waals surface area (Å²) >= 11 is 0. The molecule has 1 aliphatic heterocycles. The lowest BCUT2D eigenvalue weighted by Gasteiger charge is -2.29. The van der Waals surface area contributed by atoms with Crippen molar-refractivity contribution in [3.8, 4) is 11.5 Å². The van der Waals surface area contributed by atoms with Crippen LogP contribution in [-0.2, 0) is 19.6 Å². The average Bonchev–Trinajstić information content (AvgIpc) is 2.82.